The largest absolute Gasteiger partial charge is 0.366 e. The summed E-state index contributed by atoms with van der Waals surface area (Å²) in [6, 6.07) is 9.53. The first-order valence-electron chi connectivity index (χ1n) is 13.3. The van der Waals surface area contributed by atoms with Gasteiger partial charge in [-0.15, -0.1) is 0 Å². The van der Waals surface area contributed by atoms with Crippen LogP contribution in [0, 0.1) is 0 Å². The van der Waals surface area contributed by atoms with E-state index < -0.39 is 11.3 Å². The Balaban J connectivity index is 1.68. The molecule has 2 aliphatic rings. The van der Waals surface area contributed by atoms with E-state index in [-0.39, 0.29) is 17.0 Å². The number of carbonyl (C=O) groups is 1. The minimum Gasteiger partial charge on any atom is -0.366 e. The highest BCUT2D eigenvalue weighted by Crippen LogP contribution is 2.40. The van der Waals surface area contributed by atoms with Crippen LogP contribution in [0.25, 0.3) is 0 Å². The molecule has 38 heavy (non-hydrogen) atoms. The van der Waals surface area contributed by atoms with E-state index in [0.717, 1.165) is 50.9 Å². The Hall–Kier alpha value is -2.79. The molecule has 1 aliphatic carbocycles. The van der Waals surface area contributed by atoms with Crippen molar-refractivity contribution >= 4 is 32.2 Å². The van der Waals surface area contributed by atoms with Gasteiger partial charge in [0.15, 0.2) is 0 Å². The summed E-state index contributed by atoms with van der Waals surface area (Å²) in [6.45, 7) is 6.87. The van der Waals surface area contributed by atoms with E-state index in [1.165, 1.54) is 52.4 Å². The van der Waals surface area contributed by atoms with Gasteiger partial charge in [-0.3, -0.25) is 4.79 Å². The highest BCUT2D eigenvalue weighted by atomic mass is 31.0. The molecule has 1 amide bonds. The van der Waals surface area contributed by atoms with E-state index in [4.69, 9.17) is 0 Å². The second kappa shape index (κ2) is 11.5. The summed E-state index contributed by atoms with van der Waals surface area (Å²) in [5, 5.41) is 6.15. The molecule has 1 atom stereocenters. The summed E-state index contributed by atoms with van der Waals surface area (Å²) in [6.07, 6.45) is 9.49. The fourth-order valence-corrected chi connectivity index (χ4v) is 5.07. The molecule has 0 aromatic heterocycles. The Labute approximate surface area is 226 Å². The lowest BCUT2D eigenvalue weighted by atomic mass is 9.91. The van der Waals surface area contributed by atoms with Crippen LogP contribution in [0.1, 0.15) is 74.4 Å². The van der Waals surface area contributed by atoms with Gasteiger partial charge in [-0.1, -0.05) is 34.7 Å². The van der Waals surface area contributed by atoms with Crippen molar-refractivity contribution in [1.29, 1.82) is 0 Å². The van der Waals surface area contributed by atoms with Crippen LogP contribution < -0.4 is 15.5 Å². The van der Waals surface area contributed by atoms with Gasteiger partial charge in [-0.25, -0.2) is 4.39 Å². The molecule has 2 aromatic rings. The summed E-state index contributed by atoms with van der Waals surface area (Å²) >= 11 is 0. The maximum absolute atomic E-state index is 14.8. The van der Waals surface area contributed by atoms with Crippen molar-refractivity contribution in [3.05, 3.63) is 76.4 Å². The van der Waals surface area contributed by atoms with Crippen molar-refractivity contribution in [3.8, 4) is 0 Å². The lowest BCUT2D eigenvalue weighted by molar-refractivity contribution is 0.0953. The molecular weight excluding hydrogens is 506 g/mol. The summed E-state index contributed by atoms with van der Waals surface area (Å²) in [4.78, 5) is 15.5. The average Bonchev–Trinajstić information content (AvgIpc) is 2.87. The second-order valence-electron chi connectivity index (χ2n) is 10.6. The minimum atomic E-state index is -3.21. The first-order chi connectivity index (χ1) is 18.0. The SMILES string of the molecule is CCCCNC(=O)c1cc(Nc2cc(C(C)(C)F)cc(C(F)(F)P)c2)ccc1N1CCC2=CCCC=C2C1. The molecule has 2 N–H and O–H groups in total. The normalized spacial score (nSPS) is 15.9. The molecule has 204 valence electrons. The van der Waals surface area contributed by atoms with Crippen LogP contribution in [0.5, 0.6) is 0 Å². The van der Waals surface area contributed by atoms with Crippen molar-refractivity contribution in [2.24, 2.45) is 0 Å². The quantitative estimate of drug-likeness (QED) is 0.249. The smallest absolute Gasteiger partial charge is 0.283 e. The number of benzene rings is 2. The number of nitrogens with one attached hydrogen (secondary N) is 2. The first-order valence-corrected chi connectivity index (χ1v) is 13.9. The molecule has 0 bridgehead atoms. The second-order valence-corrected chi connectivity index (χ2v) is 11.3. The van der Waals surface area contributed by atoms with E-state index >= 15 is 0 Å². The van der Waals surface area contributed by atoms with Crippen LogP contribution >= 0.6 is 9.24 Å². The average molecular weight is 544 g/mol. The van der Waals surface area contributed by atoms with Gasteiger partial charge in [0.25, 0.3) is 11.6 Å². The number of hydrogen-bond donors (Lipinski definition) is 2. The van der Waals surface area contributed by atoms with Crippen molar-refractivity contribution < 1.29 is 18.0 Å². The monoisotopic (exact) mass is 543 g/mol. The Bertz CT molecular complexity index is 1210. The van der Waals surface area contributed by atoms with Crippen molar-refractivity contribution in [1.82, 2.24) is 5.32 Å². The molecule has 1 aliphatic heterocycles. The number of amides is 1. The fourth-order valence-electron chi connectivity index (χ4n) is 4.90. The maximum Gasteiger partial charge on any atom is 0.283 e. The van der Waals surface area contributed by atoms with Gasteiger partial charge in [-0.2, -0.15) is 8.78 Å². The highest BCUT2D eigenvalue weighted by molar-refractivity contribution is 7.17. The predicted molar refractivity (Wildman–Crippen MR) is 153 cm³/mol. The number of alkyl halides is 3. The molecule has 1 heterocycles. The third-order valence-corrected chi connectivity index (χ3v) is 7.40. The Kier molecular flexibility index (Phi) is 8.56. The third kappa shape index (κ3) is 6.79. The van der Waals surface area contributed by atoms with Gasteiger partial charge in [-0.05, 0) is 92.6 Å². The molecule has 4 nitrogen and oxygen atoms in total. The number of carbonyl (C=O) groups excluding carboxylic acids is 1. The summed E-state index contributed by atoms with van der Waals surface area (Å²) in [7, 11) is 1.51. The van der Waals surface area contributed by atoms with Crippen molar-refractivity contribution in [2.75, 3.05) is 29.9 Å². The van der Waals surface area contributed by atoms with E-state index in [9.17, 15) is 18.0 Å². The molecule has 1 fully saturated rings. The topological polar surface area (TPSA) is 44.4 Å². The van der Waals surface area contributed by atoms with Crippen LogP contribution in [0.4, 0.5) is 30.2 Å². The molecule has 8 heteroatoms. The number of halogens is 3. The number of piperidine rings is 1. The number of unbranched alkanes of at least 4 members (excludes halogenated alkanes) is 1. The van der Waals surface area contributed by atoms with E-state index in [1.807, 2.05) is 12.1 Å². The molecular formula is C30H37F3N3OP. The maximum atomic E-state index is 14.8. The molecule has 0 saturated carbocycles. The Morgan fingerprint density at radius 1 is 1.00 bits per heavy atom. The Morgan fingerprint density at radius 2 is 1.71 bits per heavy atom. The zero-order valence-electron chi connectivity index (χ0n) is 22.3. The zero-order chi connectivity index (χ0) is 27.5. The fraction of sp³-hybridized carbons (Fsp3) is 0.433. The van der Waals surface area contributed by atoms with Crippen molar-refractivity contribution in [2.45, 2.75) is 64.2 Å². The third-order valence-electron chi connectivity index (χ3n) is 7.06. The molecule has 0 radical (unpaired) electrons. The van der Waals surface area contributed by atoms with Crippen LogP contribution in [0.3, 0.4) is 0 Å². The van der Waals surface area contributed by atoms with Gasteiger partial charge < -0.3 is 15.5 Å². The van der Waals surface area contributed by atoms with Crippen LogP contribution in [-0.4, -0.2) is 25.5 Å². The van der Waals surface area contributed by atoms with Gasteiger partial charge in [0.1, 0.15) is 5.67 Å². The lowest BCUT2D eigenvalue weighted by Gasteiger charge is -2.35. The minimum absolute atomic E-state index is 0.145. The van der Waals surface area contributed by atoms with Crippen LogP contribution in [0.15, 0.2) is 59.7 Å². The van der Waals surface area contributed by atoms with Gasteiger partial charge in [0, 0.05) is 42.3 Å². The highest BCUT2D eigenvalue weighted by Gasteiger charge is 2.29. The molecule has 1 saturated heterocycles. The van der Waals surface area contributed by atoms with Crippen LogP contribution in [-0.2, 0) is 11.3 Å². The number of allylic oxidation sites excluding steroid dienone is 2. The van der Waals surface area contributed by atoms with Gasteiger partial charge in [0.05, 0.1) is 5.56 Å². The summed E-state index contributed by atoms with van der Waals surface area (Å²) < 4.78 is 43.1. The number of rotatable bonds is 9. The zero-order valence-corrected chi connectivity index (χ0v) is 23.5. The van der Waals surface area contributed by atoms with E-state index in [0.29, 0.717) is 23.5 Å². The molecule has 1 unspecified atom stereocenters. The van der Waals surface area contributed by atoms with Gasteiger partial charge >= 0.3 is 0 Å². The Morgan fingerprint density at radius 3 is 2.39 bits per heavy atom. The molecule has 4 rings (SSSR count). The number of fused-ring (bicyclic) bond motifs is 1. The molecule has 0 spiro atoms. The van der Waals surface area contributed by atoms with Gasteiger partial charge in [0.2, 0.25) is 0 Å². The standard InChI is InChI=1S/C30H37F3N3OP/c1-4-5-13-34-28(37)26-18-24(10-11-27(26)36-14-12-20-8-6-7-9-21(20)19-36)35-25-16-22(29(2,3)31)15-23(17-25)30(32,33)38/h8-11,15-18,35H,4-7,12-14,19,38H2,1-3H3,(H,34,37). The summed E-state index contributed by atoms with van der Waals surface area (Å²) in [5.74, 6) is -0.174. The predicted octanol–water partition coefficient (Wildman–Crippen LogP) is 7.95. The van der Waals surface area contributed by atoms with Crippen LogP contribution in [0.2, 0.25) is 0 Å². The number of anilines is 3. The number of hydrogen-bond acceptors (Lipinski definition) is 3. The molecule has 2 aromatic carbocycles. The lowest BCUT2D eigenvalue weighted by Crippen LogP contribution is -2.35. The van der Waals surface area contributed by atoms with E-state index in [2.05, 4.69) is 34.6 Å². The first kappa shape index (κ1) is 28.2. The van der Waals surface area contributed by atoms with Crippen molar-refractivity contribution in [3.63, 3.8) is 0 Å². The van der Waals surface area contributed by atoms with E-state index in [1.54, 1.807) is 6.07 Å². The number of nitrogens with zero attached hydrogens (tertiary/aromatic N) is 1. The summed E-state index contributed by atoms with van der Waals surface area (Å²) in [5.41, 5.74) is -0.193.